The van der Waals surface area contributed by atoms with Crippen LogP contribution in [0.25, 0.3) is 0 Å². The van der Waals surface area contributed by atoms with Crippen molar-refractivity contribution in [1.29, 1.82) is 0 Å². The highest BCUT2D eigenvalue weighted by Crippen LogP contribution is 2.19. The van der Waals surface area contributed by atoms with Crippen LogP contribution >= 0.6 is 11.6 Å². The average Bonchev–Trinajstić information content (AvgIpc) is 2.77. The number of aliphatic hydroxyl groups excluding tert-OH is 1. The Morgan fingerprint density at radius 3 is 2.13 bits per heavy atom. The zero-order chi connectivity index (χ0) is 22.6. The fraction of sp³-hybridized carbons (Fsp3) is 0.333. The van der Waals surface area contributed by atoms with Crippen molar-refractivity contribution in [2.45, 2.75) is 17.9 Å². The molecule has 1 fully saturated rings. The number of nitrogens with zero attached hydrogens (tertiary/aromatic N) is 2. The number of sulfonamides is 1. The molecule has 1 atom stereocenters. The van der Waals surface area contributed by atoms with Gasteiger partial charge in [0.05, 0.1) is 11.5 Å². The molecule has 1 aliphatic rings. The first-order chi connectivity index (χ1) is 14.7. The Kier molecular flexibility index (Phi) is 7.32. The van der Waals surface area contributed by atoms with Gasteiger partial charge in [-0.15, -0.1) is 0 Å². The van der Waals surface area contributed by atoms with Crippen molar-refractivity contribution < 1.29 is 23.1 Å². The topological polar surface area (TPSA) is 107 Å². The number of piperazine rings is 1. The maximum atomic E-state index is 12.8. The van der Waals surface area contributed by atoms with Crippen LogP contribution in [0.2, 0.25) is 5.02 Å². The Bertz CT molecular complexity index is 1030. The molecule has 0 aromatic heterocycles. The summed E-state index contributed by atoms with van der Waals surface area (Å²) < 4.78 is 27.4. The molecule has 2 aromatic carbocycles. The molecule has 0 spiro atoms. The number of aliphatic hydroxyl groups is 1. The molecule has 10 heteroatoms. The fourth-order valence-electron chi connectivity index (χ4n) is 3.35. The molecular weight excluding hydrogens is 442 g/mol. The highest BCUT2D eigenvalue weighted by molar-refractivity contribution is 7.89. The van der Waals surface area contributed by atoms with E-state index >= 15 is 0 Å². The largest absolute Gasteiger partial charge is 0.394 e. The molecule has 2 aromatic rings. The van der Waals surface area contributed by atoms with Crippen LogP contribution in [-0.4, -0.2) is 68.9 Å². The zero-order valence-corrected chi connectivity index (χ0v) is 18.6. The van der Waals surface area contributed by atoms with Gasteiger partial charge in [-0.3, -0.25) is 9.59 Å². The second-order valence-electron chi connectivity index (χ2n) is 7.23. The Labute approximate surface area is 186 Å². The lowest BCUT2D eigenvalue weighted by molar-refractivity contribution is -0.134. The van der Waals surface area contributed by atoms with Gasteiger partial charge in [-0.1, -0.05) is 11.6 Å². The Morgan fingerprint density at radius 2 is 1.61 bits per heavy atom. The van der Waals surface area contributed by atoms with Gasteiger partial charge < -0.3 is 14.9 Å². The molecule has 0 radical (unpaired) electrons. The summed E-state index contributed by atoms with van der Waals surface area (Å²) in [7, 11) is -3.99. The van der Waals surface area contributed by atoms with Crippen LogP contribution in [0.4, 0.5) is 5.69 Å². The molecule has 1 heterocycles. The van der Waals surface area contributed by atoms with Crippen molar-refractivity contribution in [3.63, 3.8) is 0 Å². The number of nitrogens with one attached hydrogen (secondary N) is 1. The molecule has 1 amide bonds. The van der Waals surface area contributed by atoms with E-state index < -0.39 is 28.6 Å². The number of benzene rings is 2. The molecule has 166 valence electrons. The maximum Gasteiger partial charge on any atom is 0.243 e. The van der Waals surface area contributed by atoms with Crippen LogP contribution in [-0.2, 0) is 14.8 Å². The second kappa shape index (κ2) is 9.78. The fourth-order valence-corrected chi connectivity index (χ4v) is 4.65. The van der Waals surface area contributed by atoms with Gasteiger partial charge in [0.25, 0.3) is 0 Å². The molecule has 1 aliphatic heterocycles. The first kappa shape index (κ1) is 23.2. The molecule has 1 unspecified atom stereocenters. The predicted molar refractivity (Wildman–Crippen MR) is 118 cm³/mol. The van der Waals surface area contributed by atoms with Gasteiger partial charge in [0.2, 0.25) is 15.9 Å². The number of rotatable bonds is 7. The highest BCUT2D eigenvalue weighted by Gasteiger charge is 2.30. The summed E-state index contributed by atoms with van der Waals surface area (Å²) >= 11 is 5.79. The van der Waals surface area contributed by atoms with Crippen molar-refractivity contribution in [3.05, 3.63) is 59.1 Å². The summed E-state index contributed by atoms with van der Waals surface area (Å²) in [5, 5.41) is 10.0. The third-order valence-corrected chi connectivity index (χ3v) is 6.87. The highest BCUT2D eigenvalue weighted by atomic mass is 35.5. The summed E-state index contributed by atoms with van der Waals surface area (Å²) in [6, 6.07) is 11.5. The number of hydrogen-bond acceptors (Lipinski definition) is 6. The summed E-state index contributed by atoms with van der Waals surface area (Å²) in [6.45, 7) is 2.72. The van der Waals surface area contributed by atoms with Crippen molar-refractivity contribution in [3.8, 4) is 0 Å². The van der Waals surface area contributed by atoms with Crippen LogP contribution < -0.4 is 9.62 Å². The first-order valence-corrected chi connectivity index (χ1v) is 11.6. The minimum atomic E-state index is -3.99. The number of hydrogen-bond donors (Lipinski definition) is 2. The normalized spacial score (nSPS) is 15.6. The third kappa shape index (κ3) is 5.62. The van der Waals surface area contributed by atoms with Crippen LogP contribution in [0.3, 0.4) is 0 Å². The molecular formula is C21H24ClN3O5S. The Hall–Kier alpha value is -2.46. The molecule has 8 nitrogen and oxygen atoms in total. The van der Waals surface area contributed by atoms with E-state index in [0.29, 0.717) is 36.8 Å². The Morgan fingerprint density at radius 1 is 1.03 bits per heavy atom. The molecule has 3 rings (SSSR count). The molecule has 0 aliphatic carbocycles. The summed E-state index contributed by atoms with van der Waals surface area (Å²) in [6.07, 6.45) is 0. The van der Waals surface area contributed by atoms with Gasteiger partial charge in [-0.2, -0.15) is 4.72 Å². The van der Waals surface area contributed by atoms with Crippen LogP contribution in [0.5, 0.6) is 0 Å². The van der Waals surface area contributed by atoms with E-state index in [9.17, 15) is 23.1 Å². The summed E-state index contributed by atoms with van der Waals surface area (Å²) in [5.74, 6) is -0.482. The van der Waals surface area contributed by atoms with Crippen LogP contribution in [0, 0.1) is 0 Å². The summed E-state index contributed by atoms with van der Waals surface area (Å²) in [4.78, 5) is 27.8. The lowest BCUT2D eigenvalue weighted by Crippen LogP contribution is -2.56. The molecule has 1 saturated heterocycles. The number of Topliss-reactive ketones (excluding diaryl/α,β-unsaturated/α-hetero) is 1. The van der Waals surface area contributed by atoms with E-state index in [2.05, 4.69) is 9.62 Å². The predicted octanol–water partition coefficient (Wildman–Crippen LogP) is 1.53. The third-order valence-electron chi connectivity index (χ3n) is 5.13. The van der Waals surface area contributed by atoms with E-state index in [1.807, 2.05) is 12.1 Å². The van der Waals surface area contributed by atoms with Gasteiger partial charge in [0.15, 0.2) is 5.78 Å². The minimum absolute atomic E-state index is 0.00179. The van der Waals surface area contributed by atoms with Gasteiger partial charge in [0.1, 0.15) is 6.04 Å². The van der Waals surface area contributed by atoms with E-state index in [1.165, 1.54) is 36.1 Å². The minimum Gasteiger partial charge on any atom is -0.394 e. The Balaban J connectivity index is 1.61. The first-order valence-electron chi connectivity index (χ1n) is 9.75. The van der Waals surface area contributed by atoms with Crippen molar-refractivity contribution >= 4 is 39.0 Å². The number of halogens is 1. The molecule has 0 saturated carbocycles. The standard InChI is InChI=1S/C21H24ClN3O5S/c1-15(27)16-2-6-18(7-3-16)24-10-12-25(13-11-24)21(28)20(14-26)23-31(29,30)19-8-4-17(22)5-9-19/h2-9,20,23,26H,10-14H2,1H3. The van der Waals surface area contributed by atoms with Gasteiger partial charge in [-0.05, 0) is 55.5 Å². The number of carbonyl (C=O) groups excluding carboxylic acids is 2. The maximum absolute atomic E-state index is 12.8. The molecule has 0 bridgehead atoms. The lowest BCUT2D eigenvalue weighted by atomic mass is 10.1. The van der Waals surface area contributed by atoms with Gasteiger partial charge in [0, 0.05) is 42.5 Å². The van der Waals surface area contributed by atoms with E-state index in [4.69, 9.17) is 11.6 Å². The smallest absolute Gasteiger partial charge is 0.243 e. The number of carbonyl (C=O) groups is 2. The van der Waals surface area contributed by atoms with E-state index in [-0.39, 0.29) is 10.7 Å². The quantitative estimate of drug-likeness (QED) is 0.600. The SMILES string of the molecule is CC(=O)c1ccc(N2CCN(C(=O)C(CO)NS(=O)(=O)c3ccc(Cl)cc3)CC2)cc1. The van der Waals surface area contributed by atoms with E-state index in [0.717, 1.165) is 5.69 Å². The lowest BCUT2D eigenvalue weighted by Gasteiger charge is -2.37. The van der Waals surface area contributed by atoms with Gasteiger partial charge in [-0.25, -0.2) is 8.42 Å². The zero-order valence-electron chi connectivity index (χ0n) is 17.0. The number of amides is 1. The number of ketones is 1. The second-order valence-corrected chi connectivity index (χ2v) is 9.38. The van der Waals surface area contributed by atoms with Crippen molar-refractivity contribution in [2.75, 3.05) is 37.7 Å². The van der Waals surface area contributed by atoms with Crippen molar-refractivity contribution in [1.82, 2.24) is 9.62 Å². The van der Waals surface area contributed by atoms with Gasteiger partial charge >= 0.3 is 0 Å². The van der Waals surface area contributed by atoms with E-state index in [1.54, 1.807) is 12.1 Å². The van der Waals surface area contributed by atoms with Crippen molar-refractivity contribution in [2.24, 2.45) is 0 Å². The summed E-state index contributed by atoms with van der Waals surface area (Å²) in [5.41, 5.74) is 1.58. The average molecular weight is 466 g/mol. The molecule has 2 N–H and O–H groups in total. The monoisotopic (exact) mass is 465 g/mol. The van der Waals surface area contributed by atoms with Crippen LogP contribution in [0.1, 0.15) is 17.3 Å². The number of anilines is 1. The van der Waals surface area contributed by atoms with Crippen LogP contribution in [0.15, 0.2) is 53.4 Å². The molecule has 31 heavy (non-hydrogen) atoms.